The number of ether oxygens (including phenoxy) is 2. The van der Waals surface area contributed by atoms with Gasteiger partial charge in [0.05, 0.1) is 12.6 Å². The number of alkyl carbamates (subject to hydrolysis) is 1. The number of halogens is 3. The Bertz CT molecular complexity index is 1610. The zero-order valence-electron chi connectivity index (χ0n) is 24.1. The van der Waals surface area contributed by atoms with Crippen molar-refractivity contribution in [2.75, 3.05) is 18.5 Å². The number of piperidine rings is 1. The molecule has 43 heavy (non-hydrogen) atoms. The van der Waals surface area contributed by atoms with Gasteiger partial charge in [0.15, 0.2) is 0 Å². The minimum atomic E-state index is -1.41. The Kier molecular flexibility index (Phi) is 8.33. The first-order valence-corrected chi connectivity index (χ1v) is 14.6. The highest BCUT2D eigenvalue weighted by atomic mass is 35.5. The third-order valence-corrected chi connectivity index (χ3v) is 8.15. The summed E-state index contributed by atoms with van der Waals surface area (Å²) >= 11 is 12.8. The maximum absolute atomic E-state index is 14.7. The second-order valence-electron chi connectivity index (χ2n) is 11.7. The molecule has 11 heteroatoms. The topological polar surface area (TPSA) is 106 Å². The van der Waals surface area contributed by atoms with Gasteiger partial charge in [-0.1, -0.05) is 35.3 Å². The maximum atomic E-state index is 14.7. The molecule has 8 nitrogen and oxygen atoms in total. The monoisotopic (exact) mass is 627 g/mol. The van der Waals surface area contributed by atoms with Crippen LogP contribution in [0, 0.1) is 12.7 Å². The Morgan fingerprint density at radius 1 is 1.05 bits per heavy atom. The first-order chi connectivity index (χ1) is 20.3. The van der Waals surface area contributed by atoms with Crippen LogP contribution in [-0.4, -0.2) is 36.7 Å². The predicted octanol–water partition coefficient (Wildman–Crippen LogP) is 6.58. The number of hydrogen-bond donors (Lipinski definition) is 3. The minimum Gasteiger partial charge on any atom is -0.491 e. The van der Waals surface area contributed by atoms with Crippen LogP contribution in [0.4, 0.5) is 14.9 Å². The Morgan fingerprint density at radius 3 is 2.51 bits per heavy atom. The van der Waals surface area contributed by atoms with E-state index in [0.717, 1.165) is 0 Å². The molecule has 1 spiro atoms. The summed E-state index contributed by atoms with van der Waals surface area (Å²) in [4.78, 5) is 39.8. The number of nitrogens with one attached hydrogen (secondary N) is 3. The highest BCUT2D eigenvalue weighted by Gasteiger charge is 2.61. The van der Waals surface area contributed by atoms with Gasteiger partial charge >= 0.3 is 6.09 Å². The average molecular weight is 629 g/mol. The standard InChI is InChI=1S/C32H32Cl2FN3O5/c1-17-5-8-20(35)15-21(17)28-32(23-9-6-19(34)14-25(23)37-29(32)40)24(16-27(39)38-28)22-13-18(33)7-10-26(22)42-12-11-36-30(41)43-31(2,3)4/h5-10,13-15,24,28H,11-12,16H2,1-4H3,(H,36,41)(H,37,40)(H,38,39)/t24-,28+,32?/m1/s1. The third-order valence-electron chi connectivity index (χ3n) is 7.68. The molecule has 3 amide bonds. The van der Waals surface area contributed by atoms with Gasteiger partial charge in [-0.2, -0.15) is 0 Å². The van der Waals surface area contributed by atoms with Crippen molar-refractivity contribution in [3.8, 4) is 5.75 Å². The van der Waals surface area contributed by atoms with Crippen LogP contribution in [0.3, 0.4) is 0 Å². The van der Waals surface area contributed by atoms with Gasteiger partial charge in [-0.3, -0.25) is 9.59 Å². The molecule has 3 N–H and O–H groups in total. The van der Waals surface area contributed by atoms with E-state index in [1.807, 2.05) is 0 Å². The summed E-state index contributed by atoms with van der Waals surface area (Å²) in [5.74, 6) is -1.58. The summed E-state index contributed by atoms with van der Waals surface area (Å²) in [7, 11) is 0. The van der Waals surface area contributed by atoms with E-state index < -0.39 is 34.9 Å². The number of hydrogen-bond acceptors (Lipinski definition) is 5. The number of fused-ring (bicyclic) bond motifs is 2. The van der Waals surface area contributed by atoms with Crippen LogP contribution in [0.2, 0.25) is 10.0 Å². The SMILES string of the molecule is Cc1ccc(F)cc1[C@@H]1NC(=O)C[C@H](c2cc(Cl)ccc2OCCNC(=O)OC(C)(C)C)C12C(=O)Nc1cc(Cl)ccc12. The van der Waals surface area contributed by atoms with Gasteiger partial charge in [0.1, 0.15) is 29.2 Å². The third kappa shape index (κ3) is 6.01. The lowest BCUT2D eigenvalue weighted by molar-refractivity contribution is -0.131. The van der Waals surface area contributed by atoms with E-state index in [2.05, 4.69) is 16.0 Å². The molecule has 0 radical (unpaired) electrons. The molecule has 0 aliphatic carbocycles. The molecule has 2 aliphatic heterocycles. The Hall–Kier alpha value is -3.82. The van der Waals surface area contributed by atoms with Crippen molar-refractivity contribution >= 4 is 46.8 Å². The second-order valence-corrected chi connectivity index (χ2v) is 12.6. The number of rotatable bonds is 6. The lowest BCUT2D eigenvalue weighted by atomic mass is 9.59. The van der Waals surface area contributed by atoms with Crippen molar-refractivity contribution in [1.82, 2.24) is 10.6 Å². The Morgan fingerprint density at radius 2 is 1.77 bits per heavy atom. The molecule has 0 bridgehead atoms. The van der Waals surface area contributed by atoms with Crippen molar-refractivity contribution in [3.63, 3.8) is 0 Å². The van der Waals surface area contributed by atoms with Crippen LogP contribution in [0.1, 0.15) is 61.4 Å². The van der Waals surface area contributed by atoms with Gasteiger partial charge in [-0.15, -0.1) is 0 Å². The summed E-state index contributed by atoms with van der Waals surface area (Å²) in [6.07, 6.45) is -0.658. The molecule has 3 aromatic rings. The normalized spacial score (nSPS) is 21.2. The molecule has 1 fully saturated rings. The molecular formula is C32H32Cl2FN3O5. The predicted molar refractivity (Wildman–Crippen MR) is 162 cm³/mol. The Balaban J connectivity index is 1.60. The summed E-state index contributed by atoms with van der Waals surface area (Å²) in [6, 6.07) is 13.5. The van der Waals surface area contributed by atoms with Gasteiger partial charge in [0.2, 0.25) is 11.8 Å². The van der Waals surface area contributed by atoms with Crippen LogP contribution >= 0.6 is 23.2 Å². The van der Waals surface area contributed by atoms with E-state index >= 15 is 0 Å². The zero-order valence-corrected chi connectivity index (χ0v) is 25.7. The molecule has 1 unspecified atom stereocenters. The minimum absolute atomic E-state index is 0.0740. The van der Waals surface area contributed by atoms with E-state index in [4.69, 9.17) is 32.7 Å². The number of benzene rings is 3. The largest absolute Gasteiger partial charge is 0.491 e. The van der Waals surface area contributed by atoms with Crippen molar-refractivity contribution in [1.29, 1.82) is 0 Å². The molecule has 0 saturated carbocycles. The molecule has 1 saturated heterocycles. The summed E-state index contributed by atoms with van der Waals surface area (Å²) < 4.78 is 26.1. The number of anilines is 1. The van der Waals surface area contributed by atoms with Crippen molar-refractivity contribution in [2.24, 2.45) is 0 Å². The fourth-order valence-corrected chi connectivity index (χ4v) is 6.35. The van der Waals surface area contributed by atoms with E-state index in [0.29, 0.717) is 43.7 Å². The quantitative estimate of drug-likeness (QED) is 0.268. The first kappa shape index (κ1) is 30.6. The van der Waals surface area contributed by atoms with Gasteiger partial charge in [-0.05, 0) is 86.8 Å². The Labute approximate surface area is 259 Å². The second kappa shape index (κ2) is 11.7. The van der Waals surface area contributed by atoms with E-state index in [-0.39, 0.29) is 31.4 Å². The molecule has 3 atom stereocenters. The first-order valence-electron chi connectivity index (χ1n) is 13.9. The van der Waals surface area contributed by atoms with Crippen LogP contribution in [-0.2, 0) is 19.7 Å². The van der Waals surface area contributed by atoms with E-state index in [9.17, 15) is 18.8 Å². The lowest BCUT2D eigenvalue weighted by Crippen LogP contribution is -2.57. The van der Waals surface area contributed by atoms with Gasteiger partial charge < -0.3 is 25.4 Å². The molecule has 2 heterocycles. The van der Waals surface area contributed by atoms with Gasteiger partial charge in [0.25, 0.3) is 0 Å². The highest BCUT2D eigenvalue weighted by Crippen LogP contribution is 2.59. The van der Waals surface area contributed by atoms with E-state index in [1.165, 1.54) is 12.1 Å². The highest BCUT2D eigenvalue weighted by molar-refractivity contribution is 6.31. The van der Waals surface area contributed by atoms with Gasteiger partial charge in [0, 0.05) is 33.6 Å². The molecule has 0 aromatic heterocycles. The smallest absolute Gasteiger partial charge is 0.407 e. The van der Waals surface area contributed by atoms with Crippen molar-refractivity contribution in [3.05, 3.63) is 92.7 Å². The van der Waals surface area contributed by atoms with Crippen molar-refractivity contribution < 1.29 is 28.2 Å². The number of aryl methyl sites for hydroxylation is 1. The molecule has 226 valence electrons. The summed E-state index contributed by atoms with van der Waals surface area (Å²) in [5, 5.41) is 9.42. The molecule has 3 aromatic carbocycles. The summed E-state index contributed by atoms with van der Waals surface area (Å²) in [6.45, 7) is 7.32. The number of amides is 3. The molecule has 2 aliphatic rings. The lowest BCUT2D eigenvalue weighted by Gasteiger charge is -2.47. The van der Waals surface area contributed by atoms with Gasteiger partial charge in [-0.25, -0.2) is 9.18 Å². The number of carbonyl (C=O) groups is 3. The van der Waals surface area contributed by atoms with Crippen LogP contribution in [0.5, 0.6) is 5.75 Å². The number of carbonyl (C=O) groups excluding carboxylic acids is 3. The summed E-state index contributed by atoms with van der Waals surface area (Å²) in [5.41, 5.74) is 0.755. The van der Waals surface area contributed by atoms with Crippen LogP contribution in [0.25, 0.3) is 0 Å². The van der Waals surface area contributed by atoms with Crippen LogP contribution < -0.4 is 20.7 Å². The fourth-order valence-electron chi connectivity index (χ4n) is 5.99. The van der Waals surface area contributed by atoms with Crippen molar-refractivity contribution in [2.45, 2.75) is 57.1 Å². The molecule has 5 rings (SSSR count). The maximum Gasteiger partial charge on any atom is 0.407 e. The zero-order chi connectivity index (χ0) is 31.1. The van der Waals surface area contributed by atoms with E-state index in [1.54, 1.807) is 70.2 Å². The average Bonchev–Trinajstić information content (AvgIpc) is 3.19. The van der Waals surface area contributed by atoms with Crippen LogP contribution in [0.15, 0.2) is 54.6 Å². The molecular weight excluding hydrogens is 596 g/mol. The fraction of sp³-hybridized carbons (Fsp3) is 0.344.